The first-order valence-corrected chi connectivity index (χ1v) is 8.30. The van der Waals surface area contributed by atoms with Crippen molar-refractivity contribution in [1.82, 2.24) is 4.72 Å². The Morgan fingerprint density at radius 1 is 1.14 bits per heavy atom. The van der Waals surface area contributed by atoms with Crippen molar-refractivity contribution in [3.8, 4) is 5.75 Å². The molecule has 0 saturated heterocycles. The number of sulfonamides is 1. The number of hydrogen-bond donors (Lipinski definition) is 2. The Balaban J connectivity index is 2.28. The van der Waals surface area contributed by atoms with Crippen LogP contribution in [0.2, 0.25) is 10.0 Å². The summed E-state index contributed by atoms with van der Waals surface area (Å²) in [6, 6.07) is 9.76. The third-order valence-corrected chi connectivity index (χ3v) is 4.99. The van der Waals surface area contributed by atoms with Crippen molar-refractivity contribution in [2.24, 2.45) is 0 Å². The lowest BCUT2D eigenvalue weighted by molar-refractivity contribution is 0.473. The van der Waals surface area contributed by atoms with Gasteiger partial charge in [-0.3, -0.25) is 0 Å². The van der Waals surface area contributed by atoms with E-state index in [4.69, 9.17) is 23.2 Å². The summed E-state index contributed by atoms with van der Waals surface area (Å²) in [5, 5.41) is 10.2. The number of hydrogen-bond acceptors (Lipinski definition) is 3. The molecule has 0 fully saturated rings. The standard InChI is InChI=1S/C14H13Cl2NO3S/c1-9(13-6-5-10(15)7-14(13)16)17-21(19,20)12-4-2-3-11(18)8-12/h2-9,17-18H,1H3. The van der Waals surface area contributed by atoms with Gasteiger partial charge < -0.3 is 5.11 Å². The second-order valence-electron chi connectivity index (χ2n) is 4.51. The third kappa shape index (κ3) is 3.89. The van der Waals surface area contributed by atoms with Crippen molar-refractivity contribution in [3.63, 3.8) is 0 Å². The van der Waals surface area contributed by atoms with E-state index >= 15 is 0 Å². The highest BCUT2D eigenvalue weighted by atomic mass is 35.5. The molecule has 2 rings (SSSR count). The Kier molecular flexibility index (Phi) is 4.78. The summed E-state index contributed by atoms with van der Waals surface area (Å²) in [5.74, 6) is -0.116. The summed E-state index contributed by atoms with van der Waals surface area (Å²) >= 11 is 11.9. The van der Waals surface area contributed by atoms with Gasteiger partial charge in [0.25, 0.3) is 0 Å². The zero-order chi connectivity index (χ0) is 15.6. The molecule has 0 radical (unpaired) electrons. The van der Waals surface area contributed by atoms with E-state index in [1.807, 2.05) is 0 Å². The Morgan fingerprint density at radius 3 is 2.48 bits per heavy atom. The van der Waals surface area contributed by atoms with Crippen molar-refractivity contribution < 1.29 is 13.5 Å². The molecule has 0 aliphatic rings. The van der Waals surface area contributed by atoms with Crippen LogP contribution in [0, 0.1) is 0 Å². The predicted octanol–water partition coefficient (Wildman–Crippen LogP) is 3.74. The van der Waals surface area contributed by atoms with Crippen LogP contribution < -0.4 is 4.72 Å². The van der Waals surface area contributed by atoms with Crippen molar-refractivity contribution in [2.75, 3.05) is 0 Å². The zero-order valence-electron chi connectivity index (χ0n) is 11.0. The summed E-state index contributed by atoms with van der Waals surface area (Å²) in [6.45, 7) is 1.68. The molecule has 2 aromatic carbocycles. The quantitative estimate of drug-likeness (QED) is 0.886. The molecule has 2 aromatic rings. The molecule has 0 aliphatic carbocycles. The second kappa shape index (κ2) is 6.23. The molecule has 1 unspecified atom stereocenters. The van der Waals surface area contributed by atoms with Crippen LogP contribution in [0.15, 0.2) is 47.4 Å². The SMILES string of the molecule is CC(NS(=O)(=O)c1cccc(O)c1)c1ccc(Cl)cc1Cl. The van der Waals surface area contributed by atoms with Crippen molar-refractivity contribution in [3.05, 3.63) is 58.1 Å². The zero-order valence-corrected chi connectivity index (χ0v) is 13.4. The van der Waals surface area contributed by atoms with Gasteiger partial charge in [0.2, 0.25) is 10.0 Å². The molecular weight excluding hydrogens is 333 g/mol. The lowest BCUT2D eigenvalue weighted by atomic mass is 10.1. The molecule has 112 valence electrons. The molecule has 7 heteroatoms. The van der Waals surface area contributed by atoms with Crippen LogP contribution in [0.3, 0.4) is 0 Å². The average molecular weight is 346 g/mol. The fourth-order valence-corrected chi connectivity index (χ4v) is 3.70. The fourth-order valence-electron chi connectivity index (χ4n) is 1.87. The number of nitrogens with one attached hydrogen (secondary N) is 1. The van der Waals surface area contributed by atoms with Crippen molar-refractivity contribution >= 4 is 33.2 Å². The smallest absolute Gasteiger partial charge is 0.241 e. The lowest BCUT2D eigenvalue weighted by Gasteiger charge is -2.16. The number of phenols is 1. The fraction of sp³-hybridized carbons (Fsp3) is 0.143. The molecular formula is C14H13Cl2NO3S. The minimum Gasteiger partial charge on any atom is -0.508 e. The summed E-state index contributed by atoms with van der Waals surface area (Å²) in [7, 11) is -3.76. The number of rotatable bonds is 4. The van der Waals surface area contributed by atoms with Gasteiger partial charge in [-0.15, -0.1) is 0 Å². The third-order valence-electron chi connectivity index (χ3n) is 2.89. The normalized spacial score (nSPS) is 13.1. The van der Waals surface area contributed by atoms with Crippen LogP contribution >= 0.6 is 23.2 Å². The topological polar surface area (TPSA) is 66.4 Å². The van der Waals surface area contributed by atoms with Crippen molar-refractivity contribution in [2.45, 2.75) is 17.9 Å². The highest BCUT2D eigenvalue weighted by Crippen LogP contribution is 2.27. The minimum atomic E-state index is -3.76. The van der Waals surface area contributed by atoms with E-state index in [2.05, 4.69) is 4.72 Å². The molecule has 0 spiro atoms. The predicted molar refractivity (Wildman–Crippen MR) is 83.3 cm³/mol. The van der Waals surface area contributed by atoms with Gasteiger partial charge in [-0.25, -0.2) is 13.1 Å². The maximum absolute atomic E-state index is 12.3. The van der Waals surface area contributed by atoms with Gasteiger partial charge in [0.05, 0.1) is 4.90 Å². The number of phenolic OH excluding ortho intramolecular Hbond substituents is 1. The molecule has 4 nitrogen and oxygen atoms in total. The van der Waals surface area contributed by atoms with Crippen LogP contribution in [0.5, 0.6) is 5.75 Å². The summed E-state index contributed by atoms with van der Waals surface area (Å²) in [4.78, 5) is -0.0144. The maximum Gasteiger partial charge on any atom is 0.241 e. The van der Waals surface area contributed by atoms with Gasteiger partial charge in [0.1, 0.15) is 5.75 Å². The van der Waals surface area contributed by atoms with Crippen LogP contribution in [-0.2, 0) is 10.0 Å². The van der Waals surface area contributed by atoms with Gasteiger partial charge in [0, 0.05) is 16.1 Å². The van der Waals surface area contributed by atoms with E-state index in [-0.39, 0.29) is 10.6 Å². The minimum absolute atomic E-state index is 0.0144. The van der Waals surface area contributed by atoms with E-state index in [0.29, 0.717) is 15.6 Å². The molecule has 2 N–H and O–H groups in total. The highest BCUT2D eigenvalue weighted by Gasteiger charge is 2.20. The monoisotopic (exact) mass is 345 g/mol. The van der Waals surface area contributed by atoms with Crippen LogP contribution in [0.25, 0.3) is 0 Å². The van der Waals surface area contributed by atoms with Gasteiger partial charge in [-0.2, -0.15) is 0 Å². The molecule has 0 amide bonds. The van der Waals surface area contributed by atoms with Gasteiger partial charge in [-0.1, -0.05) is 35.3 Å². The molecule has 0 saturated carbocycles. The second-order valence-corrected chi connectivity index (χ2v) is 7.06. The maximum atomic E-state index is 12.3. The molecule has 0 heterocycles. The van der Waals surface area contributed by atoms with Gasteiger partial charge in [-0.05, 0) is 42.8 Å². The Hall–Kier alpha value is -1.27. The molecule has 0 bridgehead atoms. The Bertz CT molecular complexity index is 763. The van der Waals surface area contributed by atoms with Crippen molar-refractivity contribution in [1.29, 1.82) is 0 Å². The first kappa shape index (κ1) is 16.1. The molecule has 0 aliphatic heterocycles. The van der Waals surface area contributed by atoms with E-state index in [0.717, 1.165) is 0 Å². The lowest BCUT2D eigenvalue weighted by Crippen LogP contribution is -2.27. The number of halogens is 2. The summed E-state index contributed by atoms with van der Waals surface area (Å²) < 4.78 is 27.0. The molecule has 1 atom stereocenters. The van der Waals surface area contributed by atoms with Crippen LogP contribution in [0.1, 0.15) is 18.5 Å². The number of aromatic hydroxyl groups is 1. The number of benzene rings is 2. The average Bonchev–Trinajstić information content (AvgIpc) is 2.37. The Morgan fingerprint density at radius 2 is 1.86 bits per heavy atom. The van der Waals surface area contributed by atoms with Gasteiger partial charge in [0.15, 0.2) is 0 Å². The molecule has 21 heavy (non-hydrogen) atoms. The van der Waals surface area contributed by atoms with E-state index in [1.165, 1.54) is 24.3 Å². The summed E-state index contributed by atoms with van der Waals surface area (Å²) in [5.41, 5.74) is 0.616. The van der Waals surface area contributed by atoms with E-state index in [9.17, 15) is 13.5 Å². The van der Waals surface area contributed by atoms with Crippen LogP contribution in [0.4, 0.5) is 0 Å². The van der Waals surface area contributed by atoms with E-state index < -0.39 is 16.1 Å². The summed E-state index contributed by atoms with van der Waals surface area (Å²) in [6.07, 6.45) is 0. The van der Waals surface area contributed by atoms with Crippen LogP contribution in [-0.4, -0.2) is 13.5 Å². The van der Waals surface area contributed by atoms with E-state index in [1.54, 1.807) is 25.1 Å². The highest BCUT2D eigenvalue weighted by molar-refractivity contribution is 7.89. The van der Waals surface area contributed by atoms with Gasteiger partial charge >= 0.3 is 0 Å². The first-order chi connectivity index (χ1) is 9.79. The molecule has 0 aromatic heterocycles. The first-order valence-electron chi connectivity index (χ1n) is 6.06. The largest absolute Gasteiger partial charge is 0.508 e. The Labute approximate surface area is 133 Å².